The zero-order valence-electron chi connectivity index (χ0n) is 12.6. The van der Waals surface area contributed by atoms with Crippen molar-refractivity contribution in [1.29, 1.82) is 0 Å². The van der Waals surface area contributed by atoms with Crippen molar-refractivity contribution >= 4 is 11.1 Å². The Balaban J connectivity index is 2.17. The van der Waals surface area contributed by atoms with Gasteiger partial charge in [0.05, 0.1) is 7.11 Å². The summed E-state index contributed by atoms with van der Waals surface area (Å²) in [5, 5.41) is 9.31. The lowest BCUT2D eigenvalue weighted by molar-refractivity contribution is 0.415. The Hall–Kier alpha value is -2.48. The Bertz CT molecular complexity index is 647. The standard InChI is InChI=1S/C19H20O2/c1-14(16-6-10-18(20)11-7-16)4-5-15(2)17-8-12-19(21-3)13-9-17/h4-13,20H,1-3H3. The minimum atomic E-state index is 0.288. The summed E-state index contributed by atoms with van der Waals surface area (Å²) in [5.74, 6) is 1.15. The fourth-order valence-corrected chi connectivity index (χ4v) is 2.02. The minimum Gasteiger partial charge on any atom is -0.508 e. The molecule has 0 amide bonds. The van der Waals surface area contributed by atoms with Crippen molar-refractivity contribution in [3.05, 3.63) is 71.8 Å². The van der Waals surface area contributed by atoms with Crippen molar-refractivity contribution in [3.8, 4) is 11.5 Å². The molecular weight excluding hydrogens is 260 g/mol. The molecule has 2 nitrogen and oxygen atoms in total. The smallest absolute Gasteiger partial charge is 0.118 e. The highest BCUT2D eigenvalue weighted by molar-refractivity contribution is 5.71. The van der Waals surface area contributed by atoms with Crippen molar-refractivity contribution in [2.45, 2.75) is 13.8 Å². The van der Waals surface area contributed by atoms with Crippen LogP contribution >= 0.6 is 0 Å². The van der Waals surface area contributed by atoms with Gasteiger partial charge in [-0.15, -0.1) is 0 Å². The van der Waals surface area contributed by atoms with Crippen LogP contribution in [0, 0.1) is 0 Å². The summed E-state index contributed by atoms with van der Waals surface area (Å²) in [6.45, 7) is 4.15. The number of benzene rings is 2. The number of hydrogen-bond donors (Lipinski definition) is 1. The molecule has 0 heterocycles. The van der Waals surface area contributed by atoms with E-state index in [0.717, 1.165) is 16.9 Å². The first-order valence-electron chi connectivity index (χ1n) is 6.89. The lowest BCUT2D eigenvalue weighted by Crippen LogP contribution is -1.84. The summed E-state index contributed by atoms with van der Waals surface area (Å²) >= 11 is 0. The highest BCUT2D eigenvalue weighted by atomic mass is 16.5. The molecule has 0 aliphatic rings. The summed E-state index contributed by atoms with van der Waals surface area (Å²) in [6, 6.07) is 15.3. The van der Waals surface area contributed by atoms with Crippen LogP contribution in [0.1, 0.15) is 25.0 Å². The lowest BCUT2D eigenvalue weighted by Gasteiger charge is -2.04. The predicted octanol–water partition coefficient (Wildman–Crippen LogP) is 4.91. The van der Waals surface area contributed by atoms with Gasteiger partial charge in [0.2, 0.25) is 0 Å². The van der Waals surface area contributed by atoms with E-state index in [2.05, 4.69) is 26.0 Å². The second-order valence-electron chi connectivity index (χ2n) is 4.97. The molecule has 0 fully saturated rings. The van der Waals surface area contributed by atoms with Gasteiger partial charge in [-0.05, 0) is 60.4 Å². The first-order chi connectivity index (χ1) is 10.1. The van der Waals surface area contributed by atoms with E-state index in [-0.39, 0.29) is 5.75 Å². The number of rotatable bonds is 4. The van der Waals surface area contributed by atoms with Gasteiger partial charge < -0.3 is 9.84 Å². The molecule has 0 unspecified atom stereocenters. The highest BCUT2D eigenvalue weighted by Crippen LogP contribution is 2.21. The van der Waals surface area contributed by atoms with Gasteiger partial charge in [0.25, 0.3) is 0 Å². The van der Waals surface area contributed by atoms with Gasteiger partial charge >= 0.3 is 0 Å². The van der Waals surface area contributed by atoms with Gasteiger partial charge in [0.15, 0.2) is 0 Å². The monoisotopic (exact) mass is 280 g/mol. The van der Waals surface area contributed by atoms with Crippen molar-refractivity contribution in [2.24, 2.45) is 0 Å². The van der Waals surface area contributed by atoms with E-state index < -0.39 is 0 Å². The third-order valence-corrected chi connectivity index (χ3v) is 3.45. The first-order valence-corrected chi connectivity index (χ1v) is 6.89. The normalized spacial score (nSPS) is 12.3. The van der Waals surface area contributed by atoms with E-state index in [1.807, 2.05) is 36.4 Å². The molecule has 0 bridgehead atoms. The molecule has 0 radical (unpaired) electrons. The average molecular weight is 280 g/mol. The first kappa shape index (κ1) is 14.9. The van der Waals surface area contributed by atoms with Crippen LogP contribution in [-0.2, 0) is 0 Å². The maximum absolute atomic E-state index is 9.31. The van der Waals surface area contributed by atoms with Gasteiger partial charge in [-0.2, -0.15) is 0 Å². The molecule has 0 saturated carbocycles. The van der Waals surface area contributed by atoms with E-state index in [4.69, 9.17) is 4.74 Å². The molecule has 1 N–H and O–H groups in total. The summed E-state index contributed by atoms with van der Waals surface area (Å²) < 4.78 is 5.16. The molecule has 2 aromatic rings. The zero-order valence-corrected chi connectivity index (χ0v) is 12.6. The van der Waals surface area contributed by atoms with E-state index in [9.17, 15) is 5.11 Å². The second-order valence-corrected chi connectivity index (χ2v) is 4.97. The zero-order chi connectivity index (χ0) is 15.2. The molecule has 0 atom stereocenters. The molecule has 21 heavy (non-hydrogen) atoms. The van der Waals surface area contributed by atoms with Gasteiger partial charge in [-0.25, -0.2) is 0 Å². The molecule has 0 spiro atoms. The number of allylic oxidation sites excluding steroid dienone is 4. The van der Waals surface area contributed by atoms with E-state index in [1.54, 1.807) is 19.2 Å². The van der Waals surface area contributed by atoms with Gasteiger partial charge in [-0.1, -0.05) is 36.4 Å². The third kappa shape index (κ3) is 3.99. The molecule has 0 aliphatic heterocycles. The summed E-state index contributed by atoms with van der Waals surface area (Å²) in [4.78, 5) is 0. The highest BCUT2D eigenvalue weighted by Gasteiger charge is 1.97. The molecule has 0 aromatic heterocycles. The summed E-state index contributed by atoms with van der Waals surface area (Å²) in [7, 11) is 1.67. The van der Waals surface area contributed by atoms with Crippen molar-refractivity contribution in [2.75, 3.05) is 7.11 Å². The van der Waals surface area contributed by atoms with Crippen LogP contribution in [0.15, 0.2) is 60.7 Å². The van der Waals surface area contributed by atoms with Gasteiger partial charge in [0, 0.05) is 0 Å². The third-order valence-electron chi connectivity index (χ3n) is 3.45. The Morgan fingerprint density at radius 2 is 1.24 bits per heavy atom. The number of phenolic OH excluding ortho intramolecular Hbond substituents is 1. The molecule has 0 saturated heterocycles. The van der Waals surface area contributed by atoms with Crippen molar-refractivity contribution in [3.63, 3.8) is 0 Å². The second kappa shape index (κ2) is 6.80. The topological polar surface area (TPSA) is 29.5 Å². The molecule has 2 aromatic carbocycles. The van der Waals surface area contributed by atoms with Gasteiger partial charge in [-0.3, -0.25) is 0 Å². The van der Waals surface area contributed by atoms with E-state index in [0.29, 0.717) is 0 Å². The van der Waals surface area contributed by atoms with Crippen LogP contribution in [0.5, 0.6) is 11.5 Å². The fraction of sp³-hybridized carbons (Fsp3) is 0.158. The molecule has 0 aliphatic carbocycles. The van der Waals surface area contributed by atoms with E-state index in [1.165, 1.54) is 11.1 Å². The van der Waals surface area contributed by atoms with Crippen LogP contribution in [0.4, 0.5) is 0 Å². The predicted molar refractivity (Wildman–Crippen MR) is 88.4 cm³/mol. The van der Waals surface area contributed by atoms with Crippen LogP contribution in [-0.4, -0.2) is 12.2 Å². The van der Waals surface area contributed by atoms with Crippen LogP contribution in [0.25, 0.3) is 11.1 Å². The average Bonchev–Trinajstić information content (AvgIpc) is 2.53. The largest absolute Gasteiger partial charge is 0.508 e. The molecule has 108 valence electrons. The van der Waals surface area contributed by atoms with Crippen LogP contribution in [0.2, 0.25) is 0 Å². The lowest BCUT2D eigenvalue weighted by atomic mass is 10.0. The maximum Gasteiger partial charge on any atom is 0.118 e. The van der Waals surface area contributed by atoms with E-state index >= 15 is 0 Å². The Morgan fingerprint density at radius 3 is 1.67 bits per heavy atom. The number of phenols is 1. The van der Waals surface area contributed by atoms with Crippen LogP contribution < -0.4 is 4.74 Å². The van der Waals surface area contributed by atoms with Crippen molar-refractivity contribution < 1.29 is 9.84 Å². The van der Waals surface area contributed by atoms with Crippen LogP contribution in [0.3, 0.4) is 0 Å². The minimum absolute atomic E-state index is 0.288. The Kier molecular flexibility index (Phi) is 4.83. The molecule has 2 rings (SSSR count). The Labute approximate surface area is 126 Å². The fourth-order valence-electron chi connectivity index (χ4n) is 2.02. The number of methoxy groups -OCH3 is 1. The Morgan fingerprint density at radius 1 is 0.810 bits per heavy atom. The summed E-state index contributed by atoms with van der Waals surface area (Å²) in [6.07, 6.45) is 4.19. The molecular formula is C19H20O2. The quantitative estimate of drug-likeness (QED) is 0.806. The van der Waals surface area contributed by atoms with Crippen molar-refractivity contribution in [1.82, 2.24) is 0 Å². The number of hydrogen-bond acceptors (Lipinski definition) is 2. The maximum atomic E-state index is 9.31. The molecule has 2 heteroatoms. The SMILES string of the molecule is COc1ccc(C(C)=CC=C(C)c2ccc(O)cc2)cc1. The summed E-state index contributed by atoms with van der Waals surface area (Å²) in [5.41, 5.74) is 4.62. The van der Waals surface area contributed by atoms with Gasteiger partial charge in [0.1, 0.15) is 11.5 Å². The number of aromatic hydroxyl groups is 1. The number of ether oxygens (including phenoxy) is 1.